The first-order valence-electron chi connectivity index (χ1n) is 5.05. The molecule has 0 fully saturated rings. The fourth-order valence-electron chi connectivity index (χ4n) is 1.46. The van der Waals surface area contributed by atoms with Crippen LogP contribution in [-0.2, 0) is 0 Å². The van der Waals surface area contributed by atoms with Gasteiger partial charge in [-0.25, -0.2) is 8.78 Å². The molecule has 4 N–H and O–H groups in total. The summed E-state index contributed by atoms with van der Waals surface area (Å²) in [5, 5.41) is -0.292. The van der Waals surface area contributed by atoms with E-state index in [-0.39, 0.29) is 27.9 Å². The quantitative estimate of drug-likeness (QED) is 0.793. The predicted octanol–water partition coefficient (Wildman–Crippen LogP) is 4.34. The van der Waals surface area contributed by atoms with E-state index in [1.165, 1.54) is 18.2 Å². The molecule has 19 heavy (non-hydrogen) atoms. The molecule has 0 spiro atoms. The number of hydrogen-bond acceptors (Lipinski definition) is 3. The van der Waals surface area contributed by atoms with E-state index in [4.69, 9.17) is 27.8 Å². The van der Waals surface area contributed by atoms with Gasteiger partial charge in [-0.3, -0.25) is 0 Å². The largest absolute Gasteiger partial charge is 0.452 e. The van der Waals surface area contributed by atoms with E-state index in [1.54, 1.807) is 0 Å². The molecular weight excluding hydrogens is 341 g/mol. The first-order chi connectivity index (χ1) is 8.88. The van der Waals surface area contributed by atoms with E-state index in [0.717, 1.165) is 6.07 Å². The summed E-state index contributed by atoms with van der Waals surface area (Å²) in [7, 11) is 0. The van der Waals surface area contributed by atoms with Gasteiger partial charge >= 0.3 is 0 Å². The van der Waals surface area contributed by atoms with Gasteiger partial charge in [0.1, 0.15) is 16.6 Å². The second-order valence-electron chi connectivity index (χ2n) is 3.72. The highest BCUT2D eigenvalue weighted by molar-refractivity contribution is 9.10. The Hall–Kier alpha value is -1.53. The van der Waals surface area contributed by atoms with Crippen molar-refractivity contribution in [3.63, 3.8) is 0 Å². The van der Waals surface area contributed by atoms with E-state index >= 15 is 0 Å². The van der Waals surface area contributed by atoms with Gasteiger partial charge in [0.25, 0.3) is 0 Å². The zero-order valence-corrected chi connectivity index (χ0v) is 11.7. The van der Waals surface area contributed by atoms with Crippen LogP contribution in [0.1, 0.15) is 0 Å². The van der Waals surface area contributed by atoms with Crippen molar-refractivity contribution in [2.24, 2.45) is 0 Å². The second kappa shape index (κ2) is 5.22. The Balaban J connectivity index is 2.46. The summed E-state index contributed by atoms with van der Waals surface area (Å²) in [4.78, 5) is 0. The van der Waals surface area contributed by atoms with Crippen LogP contribution >= 0.6 is 27.5 Å². The molecule has 3 nitrogen and oxygen atoms in total. The third-order valence-electron chi connectivity index (χ3n) is 2.27. The number of halogens is 4. The van der Waals surface area contributed by atoms with Gasteiger partial charge in [-0.1, -0.05) is 27.5 Å². The van der Waals surface area contributed by atoms with Crippen LogP contribution in [0.25, 0.3) is 0 Å². The number of benzene rings is 2. The van der Waals surface area contributed by atoms with Crippen molar-refractivity contribution >= 4 is 38.9 Å². The number of ether oxygens (including phenoxy) is 1. The minimum absolute atomic E-state index is 0.00411. The lowest BCUT2D eigenvalue weighted by Gasteiger charge is -2.12. The standard InChI is InChI=1S/C12H8BrClF2N2O/c13-5-1-6(15)3-7(2-5)19-12-9(18)4-8(17)10(14)11(12)16/h1-4H,17-18H2. The first kappa shape index (κ1) is 13.9. The summed E-state index contributed by atoms with van der Waals surface area (Å²) in [5.41, 5.74) is 11.0. The van der Waals surface area contributed by atoms with Crippen molar-refractivity contribution in [3.8, 4) is 11.5 Å². The summed E-state index contributed by atoms with van der Waals surface area (Å²) < 4.78 is 32.8. The smallest absolute Gasteiger partial charge is 0.188 e. The van der Waals surface area contributed by atoms with Gasteiger partial charge in [0.15, 0.2) is 11.6 Å². The summed E-state index contributed by atoms with van der Waals surface area (Å²) in [5.74, 6) is -1.64. The highest BCUT2D eigenvalue weighted by atomic mass is 79.9. The Labute approximate surface area is 121 Å². The molecule has 0 saturated carbocycles. The topological polar surface area (TPSA) is 61.3 Å². The van der Waals surface area contributed by atoms with Gasteiger partial charge in [-0.15, -0.1) is 0 Å². The molecule has 2 aromatic carbocycles. The summed E-state index contributed by atoms with van der Waals surface area (Å²) in [6, 6.07) is 5.07. The van der Waals surface area contributed by atoms with Crippen molar-refractivity contribution in [1.82, 2.24) is 0 Å². The molecule has 2 aromatic rings. The lowest BCUT2D eigenvalue weighted by Crippen LogP contribution is -1.99. The third kappa shape index (κ3) is 2.90. The summed E-state index contributed by atoms with van der Waals surface area (Å²) in [6.07, 6.45) is 0. The molecule has 0 aliphatic carbocycles. The molecule has 7 heteroatoms. The van der Waals surface area contributed by atoms with Crippen molar-refractivity contribution in [1.29, 1.82) is 0 Å². The SMILES string of the molecule is Nc1cc(N)c(Oc2cc(F)cc(Br)c2)c(F)c1Cl. The first-order valence-corrected chi connectivity index (χ1v) is 6.22. The molecule has 0 radical (unpaired) electrons. The molecule has 2 rings (SSSR count). The van der Waals surface area contributed by atoms with Gasteiger partial charge in [0.2, 0.25) is 0 Å². The van der Waals surface area contributed by atoms with Gasteiger partial charge < -0.3 is 16.2 Å². The number of nitrogen functional groups attached to an aromatic ring is 2. The lowest BCUT2D eigenvalue weighted by molar-refractivity contribution is 0.441. The van der Waals surface area contributed by atoms with Gasteiger partial charge in [0.05, 0.1) is 11.4 Å². The molecule has 0 heterocycles. The Morgan fingerprint density at radius 2 is 1.74 bits per heavy atom. The average Bonchev–Trinajstić information content (AvgIpc) is 2.31. The second-order valence-corrected chi connectivity index (χ2v) is 5.01. The minimum atomic E-state index is -0.889. The Bertz CT molecular complexity index is 632. The molecule has 100 valence electrons. The number of rotatable bonds is 2. The fraction of sp³-hybridized carbons (Fsp3) is 0. The van der Waals surface area contributed by atoms with E-state index in [2.05, 4.69) is 15.9 Å². The third-order valence-corrected chi connectivity index (χ3v) is 3.12. The van der Waals surface area contributed by atoms with E-state index in [9.17, 15) is 8.78 Å². The highest BCUT2D eigenvalue weighted by Gasteiger charge is 2.16. The van der Waals surface area contributed by atoms with E-state index in [1.807, 2.05) is 0 Å². The van der Waals surface area contributed by atoms with Crippen LogP contribution < -0.4 is 16.2 Å². The van der Waals surface area contributed by atoms with Crippen molar-refractivity contribution in [3.05, 3.63) is 45.4 Å². The molecular formula is C12H8BrClF2N2O. The molecule has 0 bridgehead atoms. The van der Waals surface area contributed by atoms with Crippen molar-refractivity contribution in [2.75, 3.05) is 11.5 Å². The zero-order valence-electron chi connectivity index (χ0n) is 9.38. The van der Waals surface area contributed by atoms with Gasteiger partial charge in [-0.2, -0.15) is 0 Å². The molecule has 0 saturated heterocycles. The van der Waals surface area contributed by atoms with Crippen molar-refractivity contribution < 1.29 is 13.5 Å². The van der Waals surface area contributed by atoms with E-state index in [0.29, 0.717) is 4.47 Å². The minimum Gasteiger partial charge on any atom is -0.452 e. The Kier molecular flexibility index (Phi) is 3.82. The van der Waals surface area contributed by atoms with Gasteiger partial charge in [-0.05, 0) is 18.2 Å². The van der Waals surface area contributed by atoms with Crippen LogP contribution in [0.15, 0.2) is 28.7 Å². The normalized spacial score (nSPS) is 10.5. The highest BCUT2D eigenvalue weighted by Crippen LogP contribution is 2.38. The average molecular weight is 350 g/mol. The van der Waals surface area contributed by atoms with Crippen LogP contribution in [0.2, 0.25) is 5.02 Å². The number of anilines is 2. The van der Waals surface area contributed by atoms with Crippen LogP contribution in [-0.4, -0.2) is 0 Å². The number of hydrogen-bond donors (Lipinski definition) is 2. The summed E-state index contributed by atoms with van der Waals surface area (Å²) in [6.45, 7) is 0. The van der Waals surface area contributed by atoms with Crippen LogP contribution in [0, 0.1) is 11.6 Å². The van der Waals surface area contributed by atoms with Gasteiger partial charge in [0, 0.05) is 10.5 Å². The molecule has 0 aromatic heterocycles. The molecule has 0 amide bonds. The molecule has 0 atom stereocenters. The zero-order chi connectivity index (χ0) is 14.2. The lowest BCUT2D eigenvalue weighted by atomic mass is 10.2. The molecule has 0 aliphatic heterocycles. The molecule has 0 unspecified atom stereocenters. The van der Waals surface area contributed by atoms with Crippen LogP contribution in [0.5, 0.6) is 11.5 Å². The Morgan fingerprint density at radius 3 is 2.37 bits per heavy atom. The van der Waals surface area contributed by atoms with Crippen molar-refractivity contribution in [2.45, 2.75) is 0 Å². The maximum absolute atomic E-state index is 13.9. The monoisotopic (exact) mass is 348 g/mol. The maximum Gasteiger partial charge on any atom is 0.188 e. The van der Waals surface area contributed by atoms with E-state index < -0.39 is 11.6 Å². The maximum atomic E-state index is 13.9. The summed E-state index contributed by atoms with van der Waals surface area (Å²) >= 11 is 8.76. The van der Waals surface area contributed by atoms with Crippen LogP contribution in [0.4, 0.5) is 20.2 Å². The molecule has 0 aliphatic rings. The van der Waals surface area contributed by atoms with Crippen LogP contribution in [0.3, 0.4) is 0 Å². The predicted molar refractivity (Wildman–Crippen MR) is 74.4 cm³/mol. The number of nitrogens with two attached hydrogens (primary N) is 2. The fourth-order valence-corrected chi connectivity index (χ4v) is 2.04. The Morgan fingerprint density at radius 1 is 1.05 bits per heavy atom.